The maximum absolute atomic E-state index is 5.40. The second-order valence-electron chi connectivity index (χ2n) is 9.08. The zero-order valence-corrected chi connectivity index (χ0v) is 19.7. The molecule has 1 N–H and O–H groups in total. The summed E-state index contributed by atoms with van der Waals surface area (Å²) in [7, 11) is 1.70. The van der Waals surface area contributed by atoms with Crippen LogP contribution in [0, 0.1) is 13.8 Å². The Morgan fingerprint density at radius 1 is 1.06 bits per heavy atom. The number of hydrogen-bond donors (Lipinski definition) is 1. The van der Waals surface area contributed by atoms with Gasteiger partial charge in [0, 0.05) is 17.8 Å². The average Bonchev–Trinajstić information content (AvgIpc) is 3.36. The minimum absolute atomic E-state index is 0.514. The number of nitrogens with zero attached hydrogens (tertiary/aromatic N) is 3. The summed E-state index contributed by atoms with van der Waals surface area (Å²) in [4.78, 5) is 5.08. The Morgan fingerprint density at radius 2 is 1.85 bits per heavy atom. The molecule has 3 heterocycles. The highest BCUT2D eigenvalue weighted by atomic mass is 16.5. The van der Waals surface area contributed by atoms with Crippen LogP contribution < -0.4 is 10.1 Å². The summed E-state index contributed by atoms with van der Waals surface area (Å²) in [6.45, 7) is 3.94. The predicted molar refractivity (Wildman–Crippen MR) is 131 cm³/mol. The third-order valence-corrected chi connectivity index (χ3v) is 6.78. The average molecular weight is 445 g/mol. The van der Waals surface area contributed by atoms with Crippen molar-refractivity contribution >= 4 is 11.5 Å². The van der Waals surface area contributed by atoms with Crippen molar-refractivity contribution in [3.05, 3.63) is 65.3 Å². The summed E-state index contributed by atoms with van der Waals surface area (Å²) in [5, 5.41) is 7.98. The van der Waals surface area contributed by atoms with E-state index in [2.05, 4.69) is 45.3 Å². The topological polar surface area (TPSA) is 64.6 Å². The fraction of sp³-hybridized carbons (Fsp3) is 0.407. The summed E-state index contributed by atoms with van der Waals surface area (Å²) in [5.41, 5.74) is 6.41. The lowest BCUT2D eigenvalue weighted by atomic mass is 9.95. The third kappa shape index (κ3) is 4.47. The number of nitrogens with one attached hydrogen (secondary N) is 1. The van der Waals surface area contributed by atoms with Crippen molar-refractivity contribution in [2.24, 2.45) is 0 Å². The minimum Gasteiger partial charge on any atom is -0.497 e. The van der Waals surface area contributed by atoms with Crippen molar-refractivity contribution < 1.29 is 9.26 Å². The van der Waals surface area contributed by atoms with Gasteiger partial charge in [0.25, 0.3) is 0 Å². The van der Waals surface area contributed by atoms with E-state index in [1.54, 1.807) is 7.11 Å². The molecule has 4 aromatic rings. The van der Waals surface area contributed by atoms with Gasteiger partial charge in [-0.2, -0.15) is 0 Å². The minimum atomic E-state index is 0.514. The Balaban J connectivity index is 1.48. The lowest BCUT2D eigenvalue weighted by Crippen LogP contribution is -2.23. The molecule has 1 aromatic carbocycles. The monoisotopic (exact) mass is 444 g/mol. The summed E-state index contributed by atoms with van der Waals surface area (Å²) >= 11 is 0. The standard InChI is InChI=1S/C27H32N4O2/c1-18-26(19(2)33-30-18)21-15-16-31-25(17-21)29-24(27(31)28-22-7-5-4-6-8-22)14-11-20-9-12-23(32-3)13-10-20/h9-10,12-13,15-17,22,28H,4-8,11,14H2,1-3H3. The molecule has 0 unspecified atom stereocenters. The molecular weight excluding hydrogens is 412 g/mol. The maximum atomic E-state index is 5.40. The van der Waals surface area contributed by atoms with Crippen molar-refractivity contribution in [3.63, 3.8) is 0 Å². The largest absolute Gasteiger partial charge is 0.497 e. The van der Waals surface area contributed by atoms with Crippen LogP contribution in [-0.4, -0.2) is 27.7 Å². The summed E-state index contributed by atoms with van der Waals surface area (Å²) in [6, 6.07) is 13.1. The number of pyridine rings is 1. The lowest BCUT2D eigenvalue weighted by molar-refractivity contribution is 0.393. The van der Waals surface area contributed by atoms with E-state index < -0.39 is 0 Å². The number of imidazole rings is 1. The molecular formula is C27H32N4O2. The summed E-state index contributed by atoms with van der Waals surface area (Å²) in [6.07, 6.45) is 10.3. The van der Waals surface area contributed by atoms with E-state index in [4.69, 9.17) is 14.2 Å². The molecule has 0 atom stereocenters. The van der Waals surface area contributed by atoms with Crippen LogP contribution >= 0.6 is 0 Å². The molecule has 1 fully saturated rings. The van der Waals surface area contributed by atoms with Gasteiger partial charge in [-0.25, -0.2) is 4.98 Å². The third-order valence-electron chi connectivity index (χ3n) is 6.78. The van der Waals surface area contributed by atoms with Crippen LogP contribution in [0.4, 0.5) is 5.82 Å². The fourth-order valence-corrected chi connectivity index (χ4v) is 4.97. The Hall–Kier alpha value is -3.28. The molecule has 0 spiro atoms. The number of ether oxygens (including phenoxy) is 1. The zero-order valence-electron chi connectivity index (χ0n) is 19.7. The van der Waals surface area contributed by atoms with Gasteiger partial charge in [0.2, 0.25) is 0 Å². The first-order valence-electron chi connectivity index (χ1n) is 12.0. The van der Waals surface area contributed by atoms with Gasteiger partial charge in [-0.1, -0.05) is 36.6 Å². The van der Waals surface area contributed by atoms with Crippen LogP contribution in [-0.2, 0) is 12.8 Å². The first kappa shape index (κ1) is 21.6. The Bertz CT molecular complexity index is 1210. The van der Waals surface area contributed by atoms with Crippen LogP contribution in [0.1, 0.15) is 54.8 Å². The number of methoxy groups -OCH3 is 1. The number of fused-ring (bicyclic) bond motifs is 1. The highest BCUT2D eigenvalue weighted by Crippen LogP contribution is 2.31. The molecule has 33 heavy (non-hydrogen) atoms. The van der Waals surface area contributed by atoms with Gasteiger partial charge in [0.05, 0.1) is 18.5 Å². The van der Waals surface area contributed by atoms with Gasteiger partial charge in [0.1, 0.15) is 23.0 Å². The van der Waals surface area contributed by atoms with Gasteiger partial charge in [-0.3, -0.25) is 4.40 Å². The number of aryl methyl sites for hydroxylation is 4. The second-order valence-corrected chi connectivity index (χ2v) is 9.08. The Labute approximate surface area is 195 Å². The number of anilines is 1. The smallest absolute Gasteiger partial charge is 0.141 e. The molecule has 1 aliphatic carbocycles. The van der Waals surface area contributed by atoms with E-state index in [0.717, 1.165) is 58.3 Å². The van der Waals surface area contributed by atoms with Crippen molar-refractivity contribution in [2.75, 3.05) is 12.4 Å². The Morgan fingerprint density at radius 3 is 2.55 bits per heavy atom. The van der Waals surface area contributed by atoms with E-state index in [1.165, 1.54) is 37.7 Å². The Kier molecular flexibility index (Phi) is 6.07. The van der Waals surface area contributed by atoms with Crippen LogP contribution in [0.25, 0.3) is 16.8 Å². The van der Waals surface area contributed by atoms with Crippen LogP contribution in [0.3, 0.4) is 0 Å². The summed E-state index contributed by atoms with van der Waals surface area (Å²) < 4.78 is 12.9. The van der Waals surface area contributed by atoms with Crippen molar-refractivity contribution in [3.8, 4) is 16.9 Å². The van der Waals surface area contributed by atoms with Crippen LogP contribution in [0.2, 0.25) is 0 Å². The first-order valence-corrected chi connectivity index (χ1v) is 12.0. The van der Waals surface area contributed by atoms with Gasteiger partial charge in [-0.05, 0) is 74.9 Å². The first-order chi connectivity index (χ1) is 16.1. The molecule has 1 saturated carbocycles. The van der Waals surface area contributed by atoms with Gasteiger partial charge in [-0.15, -0.1) is 0 Å². The van der Waals surface area contributed by atoms with Gasteiger partial charge < -0.3 is 14.6 Å². The van der Waals surface area contributed by atoms with Gasteiger partial charge >= 0.3 is 0 Å². The highest BCUT2D eigenvalue weighted by molar-refractivity contribution is 5.72. The molecule has 5 rings (SSSR count). The molecule has 172 valence electrons. The molecule has 3 aromatic heterocycles. The maximum Gasteiger partial charge on any atom is 0.141 e. The molecule has 0 radical (unpaired) electrons. The van der Waals surface area contributed by atoms with Crippen molar-refractivity contribution in [2.45, 2.75) is 64.8 Å². The summed E-state index contributed by atoms with van der Waals surface area (Å²) in [5.74, 6) is 2.86. The van der Waals surface area contributed by atoms with E-state index in [1.807, 2.05) is 26.0 Å². The molecule has 0 saturated heterocycles. The number of aromatic nitrogens is 3. The van der Waals surface area contributed by atoms with Gasteiger partial charge in [0.15, 0.2) is 0 Å². The zero-order chi connectivity index (χ0) is 22.8. The second kappa shape index (κ2) is 9.30. The van der Waals surface area contributed by atoms with E-state index in [-0.39, 0.29) is 0 Å². The quantitative estimate of drug-likeness (QED) is 0.371. The molecule has 6 nitrogen and oxygen atoms in total. The molecule has 0 bridgehead atoms. The lowest BCUT2D eigenvalue weighted by Gasteiger charge is -2.24. The number of benzene rings is 1. The van der Waals surface area contributed by atoms with Crippen molar-refractivity contribution in [1.29, 1.82) is 0 Å². The number of hydrogen-bond acceptors (Lipinski definition) is 5. The van der Waals surface area contributed by atoms with Crippen LogP contribution in [0.5, 0.6) is 5.75 Å². The van der Waals surface area contributed by atoms with E-state index in [0.29, 0.717) is 6.04 Å². The molecule has 1 aliphatic rings. The number of rotatable bonds is 7. The van der Waals surface area contributed by atoms with Crippen molar-refractivity contribution in [1.82, 2.24) is 14.5 Å². The molecule has 0 aliphatic heterocycles. The highest BCUT2D eigenvalue weighted by Gasteiger charge is 2.20. The van der Waals surface area contributed by atoms with E-state index >= 15 is 0 Å². The predicted octanol–water partition coefficient (Wildman–Crippen LogP) is 6.14. The fourth-order valence-electron chi connectivity index (χ4n) is 4.97. The normalized spacial score (nSPS) is 14.6. The SMILES string of the molecule is COc1ccc(CCc2nc3cc(-c4c(C)noc4C)ccn3c2NC2CCCCC2)cc1. The van der Waals surface area contributed by atoms with E-state index in [9.17, 15) is 0 Å². The van der Waals surface area contributed by atoms with Crippen LogP contribution in [0.15, 0.2) is 47.1 Å². The molecule has 6 heteroatoms. The molecule has 0 amide bonds.